The summed E-state index contributed by atoms with van der Waals surface area (Å²) in [7, 11) is 0. The fraction of sp³-hybridized carbons (Fsp3) is 0.182. The molecule has 0 saturated carbocycles. The van der Waals surface area contributed by atoms with E-state index < -0.39 is 11.6 Å². The average molecular weight is 258 g/mol. The molecule has 0 aliphatic carbocycles. The summed E-state index contributed by atoms with van der Waals surface area (Å²) in [5.41, 5.74) is 0.111. The Hall–Kier alpha value is -1.62. The molecule has 90 valence electrons. The maximum absolute atomic E-state index is 13.4. The summed E-state index contributed by atoms with van der Waals surface area (Å²) in [6.45, 7) is 1.02. The van der Waals surface area contributed by atoms with Crippen LogP contribution < -0.4 is 5.32 Å². The molecule has 0 amide bonds. The average Bonchev–Trinajstić information content (AvgIpc) is 2.74. The fourth-order valence-electron chi connectivity index (χ4n) is 1.44. The van der Waals surface area contributed by atoms with Gasteiger partial charge in [0, 0.05) is 25.0 Å². The second-order valence-corrected chi connectivity index (χ2v) is 3.85. The van der Waals surface area contributed by atoms with E-state index in [0.29, 0.717) is 13.1 Å². The zero-order valence-corrected chi connectivity index (χ0v) is 9.59. The summed E-state index contributed by atoms with van der Waals surface area (Å²) < 4.78 is 27.9. The van der Waals surface area contributed by atoms with E-state index in [1.807, 2.05) is 0 Å². The third-order valence-corrected chi connectivity index (χ3v) is 2.51. The molecule has 3 nitrogen and oxygen atoms in total. The lowest BCUT2D eigenvalue weighted by Gasteiger charge is -2.09. The lowest BCUT2D eigenvalue weighted by molar-refractivity contribution is 0.583. The number of nitrogens with one attached hydrogen (secondary N) is 1. The van der Waals surface area contributed by atoms with Gasteiger partial charge in [-0.3, -0.25) is 4.68 Å². The second-order valence-electron chi connectivity index (χ2n) is 3.44. The van der Waals surface area contributed by atoms with Gasteiger partial charge in [0.25, 0.3) is 0 Å². The van der Waals surface area contributed by atoms with Crippen molar-refractivity contribution in [1.82, 2.24) is 9.78 Å². The van der Waals surface area contributed by atoms with E-state index in [9.17, 15) is 8.78 Å². The number of rotatable bonds is 4. The zero-order chi connectivity index (χ0) is 12.3. The van der Waals surface area contributed by atoms with Gasteiger partial charge in [0.1, 0.15) is 5.82 Å². The van der Waals surface area contributed by atoms with Crippen LogP contribution in [0.4, 0.5) is 14.5 Å². The van der Waals surface area contributed by atoms with E-state index in [2.05, 4.69) is 10.4 Å². The van der Waals surface area contributed by atoms with E-state index >= 15 is 0 Å². The number of nitrogens with zero attached hydrogens (tertiary/aromatic N) is 2. The van der Waals surface area contributed by atoms with Crippen molar-refractivity contribution < 1.29 is 8.78 Å². The number of aromatic nitrogens is 2. The van der Waals surface area contributed by atoms with Gasteiger partial charge in [0.05, 0.1) is 17.3 Å². The summed E-state index contributed by atoms with van der Waals surface area (Å²) >= 11 is 5.73. The summed E-state index contributed by atoms with van der Waals surface area (Å²) in [6, 6.07) is 3.66. The van der Waals surface area contributed by atoms with Gasteiger partial charge >= 0.3 is 0 Å². The molecule has 6 heteroatoms. The first-order valence-corrected chi connectivity index (χ1v) is 5.40. The van der Waals surface area contributed by atoms with E-state index in [1.165, 1.54) is 0 Å². The van der Waals surface area contributed by atoms with Crippen molar-refractivity contribution in [2.75, 3.05) is 11.9 Å². The molecular formula is C11H10ClF2N3. The summed E-state index contributed by atoms with van der Waals surface area (Å²) in [6.07, 6.45) is 3.45. The number of benzene rings is 1. The highest BCUT2D eigenvalue weighted by molar-refractivity contribution is 6.33. The fourth-order valence-corrected chi connectivity index (χ4v) is 1.70. The highest BCUT2D eigenvalue weighted by Gasteiger charge is 2.09. The zero-order valence-electron chi connectivity index (χ0n) is 8.83. The van der Waals surface area contributed by atoms with Crippen LogP contribution >= 0.6 is 11.6 Å². The van der Waals surface area contributed by atoms with Crippen LogP contribution in [0.5, 0.6) is 0 Å². The second kappa shape index (κ2) is 5.14. The molecular weight excluding hydrogens is 248 g/mol. The first-order chi connectivity index (χ1) is 8.16. The Bertz CT molecular complexity index is 476. The van der Waals surface area contributed by atoms with Crippen molar-refractivity contribution in [3.63, 3.8) is 0 Å². The Kier molecular flexibility index (Phi) is 3.58. The monoisotopic (exact) mass is 257 g/mol. The van der Waals surface area contributed by atoms with Gasteiger partial charge in [-0.1, -0.05) is 11.6 Å². The molecule has 2 rings (SSSR count). The molecule has 0 unspecified atom stereocenters. The first kappa shape index (κ1) is 11.9. The molecule has 1 heterocycles. The molecule has 1 N–H and O–H groups in total. The number of anilines is 1. The lowest BCUT2D eigenvalue weighted by atomic mass is 10.3. The predicted molar refractivity (Wildman–Crippen MR) is 62.1 cm³/mol. The van der Waals surface area contributed by atoms with E-state index in [1.54, 1.807) is 23.1 Å². The Morgan fingerprint density at radius 1 is 1.35 bits per heavy atom. The van der Waals surface area contributed by atoms with Crippen molar-refractivity contribution in [2.45, 2.75) is 6.54 Å². The maximum Gasteiger partial charge on any atom is 0.150 e. The minimum Gasteiger partial charge on any atom is -0.380 e. The van der Waals surface area contributed by atoms with Crippen molar-refractivity contribution in [3.8, 4) is 0 Å². The Morgan fingerprint density at radius 2 is 2.18 bits per heavy atom. The molecule has 17 heavy (non-hydrogen) atoms. The van der Waals surface area contributed by atoms with Crippen LogP contribution in [0.3, 0.4) is 0 Å². The van der Waals surface area contributed by atoms with Crippen molar-refractivity contribution in [2.24, 2.45) is 0 Å². The molecule has 1 aromatic heterocycles. The molecule has 2 aromatic rings. The van der Waals surface area contributed by atoms with Gasteiger partial charge in [-0.25, -0.2) is 8.78 Å². The van der Waals surface area contributed by atoms with E-state index in [-0.39, 0.29) is 10.7 Å². The molecule has 0 radical (unpaired) electrons. The van der Waals surface area contributed by atoms with Crippen LogP contribution in [0.15, 0.2) is 30.6 Å². The third-order valence-electron chi connectivity index (χ3n) is 2.21. The Morgan fingerprint density at radius 3 is 2.82 bits per heavy atom. The van der Waals surface area contributed by atoms with Crippen LogP contribution in [-0.2, 0) is 6.54 Å². The van der Waals surface area contributed by atoms with Crippen molar-refractivity contribution >= 4 is 17.3 Å². The van der Waals surface area contributed by atoms with Crippen LogP contribution in [0.25, 0.3) is 0 Å². The number of hydrogen-bond acceptors (Lipinski definition) is 2. The standard InChI is InChI=1S/C11H10ClF2N3/c12-9-6-8(13)7-10(14)11(9)15-3-5-17-4-1-2-16-17/h1-2,4,6-7,15H,3,5H2. The Balaban J connectivity index is 1.99. The molecule has 0 saturated heterocycles. The largest absolute Gasteiger partial charge is 0.380 e. The highest BCUT2D eigenvalue weighted by atomic mass is 35.5. The lowest BCUT2D eigenvalue weighted by Crippen LogP contribution is -2.12. The molecule has 0 aliphatic heterocycles. The van der Waals surface area contributed by atoms with Gasteiger partial charge in [-0.15, -0.1) is 0 Å². The number of hydrogen-bond donors (Lipinski definition) is 1. The minimum atomic E-state index is -0.699. The predicted octanol–water partition coefficient (Wildman–Crippen LogP) is 2.93. The van der Waals surface area contributed by atoms with Crippen LogP contribution in [0, 0.1) is 11.6 Å². The highest BCUT2D eigenvalue weighted by Crippen LogP contribution is 2.25. The van der Waals surface area contributed by atoms with Crippen LogP contribution in [0.1, 0.15) is 0 Å². The SMILES string of the molecule is Fc1cc(F)c(NCCn2cccn2)c(Cl)c1. The quantitative estimate of drug-likeness (QED) is 0.913. The molecule has 0 fully saturated rings. The van der Waals surface area contributed by atoms with Gasteiger partial charge in [-0.05, 0) is 12.1 Å². The molecule has 0 aliphatic rings. The molecule has 0 atom stereocenters. The van der Waals surface area contributed by atoms with Crippen LogP contribution in [0.2, 0.25) is 5.02 Å². The molecule has 0 spiro atoms. The van der Waals surface area contributed by atoms with Gasteiger partial charge < -0.3 is 5.32 Å². The number of halogens is 3. The third kappa shape index (κ3) is 2.94. The summed E-state index contributed by atoms with van der Waals surface area (Å²) in [5.74, 6) is -1.39. The summed E-state index contributed by atoms with van der Waals surface area (Å²) in [5, 5.41) is 6.84. The summed E-state index contributed by atoms with van der Waals surface area (Å²) in [4.78, 5) is 0. The van der Waals surface area contributed by atoms with Crippen LogP contribution in [-0.4, -0.2) is 16.3 Å². The van der Waals surface area contributed by atoms with Crippen molar-refractivity contribution in [1.29, 1.82) is 0 Å². The Labute approximate surface area is 102 Å². The normalized spacial score (nSPS) is 10.5. The smallest absolute Gasteiger partial charge is 0.150 e. The van der Waals surface area contributed by atoms with Gasteiger partial charge in [0.15, 0.2) is 5.82 Å². The van der Waals surface area contributed by atoms with E-state index in [4.69, 9.17) is 11.6 Å². The van der Waals surface area contributed by atoms with E-state index in [0.717, 1.165) is 12.1 Å². The topological polar surface area (TPSA) is 29.9 Å². The van der Waals surface area contributed by atoms with Gasteiger partial charge in [0.2, 0.25) is 0 Å². The maximum atomic E-state index is 13.4. The van der Waals surface area contributed by atoms with Gasteiger partial charge in [-0.2, -0.15) is 5.10 Å². The molecule has 1 aromatic carbocycles. The molecule has 0 bridgehead atoms. The first-order valence-electron chi connectivity index (χ1n) is 5.02. The van der Waals surface area contributed by atoms with Crippen molar-refractivity contribution in [3.05, 3.63) is 47.2 Å². The minimum absolute atomic E-state index is 0.0305.